The van der Waals surface area contributed by atoms with Crippen molar-refractivity contribution < 1.29 is 19.7 Å². The van der Waals surface area contributed by atoms with E-state index in [1.165, 1.54) is 0 Å². The maximum Gasteiger partial charge on any atom is 0.318 e. The molecule has 2 fully saturated rings. The Morgan fingerprint density at radius 3 is 2.82 bits per heavy atom. The van der Waals surface area contributed by atoms with Gasteiger partial charge in [-0.25, -0.2) is 0 Å². The number of likely N-dealkylation sites (tertiary alicyclic amines) is 1. The van der Waals surface area contributed by atoms with Gasteiger partial charge in [0.15, 0.2) is 0 Å². The Hall–Kier alpha value is -2.70. The molecule has 0 saturated carbocycles. The lowest BCUT2D eigenvalue weighted by Gasteiger charge is -2.38. The van der Waals surface area contributed by atoms with Crippen molar-refractivity contribution in [1.29, 1.82) is 0 Å². The Kier molecular flexibility index (Phi) is 7.05. The molecule has 0 unspecified atom stereocenters. The van der Waals surface area contributed by atoms with Gasteiger partial charge in [0.25, 0.3) is 5.91 Å². The van der Waals surface area contributed by atoms with Crippen molar-refractivity contribution in [3.63, 3.8) is 0 Å². The van der Waals surface area contributed by atoms with Gasteiger partial charge in [-0.2, -0.15) is 9.97 Å². The molecule has 0 bridgehead atoms. The molecular weight excluding hydrogens is 609 g/mol. The van der Waals surface area contributed by atoms with Gasteiger partial charge in [-0.3, -0.25) is 4.79 Å². The molecule has 10 heteroatoms. The summed E-state index contributed by atoms with van der Waals surface area (Å²) in [5, 5.41) is 22.9. The van der Waals surface area contributed by atoms with Crippen LogP contribution in [-0.2, 0) is 13.1 Å². The summed E-state index contributed by atoms with van der Waals surface area (Å²) in [6, 6.07) is 9.68. The number of nitrogens with zero attached hydrogens (tertiary/aromatic N) is 5. The van der Waals surface area contributed by atoms with Crippen molar-refractivity contribution in [2.45, 2.75) is 57.3 Å². The zero-order valence-corrected chi connectivity index (χ0v) is 24.5. The van der Waals surface area contributed by atoms with Gasteiger partial charge in [-0.1, -0.05) is 12.1 Å². The largest absolute Gasteiger partial charge is 0.508 e. The first kappa shape index (κ1) is 26.5. The van der Waals surface area contributed by atoms with Gasteiger partial charge in [-0.15, -0.1) is 0 Å². The van der Waals surface area contributed by atoms with E-state index in [0.717, 1.165) is 70.2 Å². The van der Waals surface area contributed by atoms with Gasteiger partial charge in [-0.05, 0) is 92.4 Å². The summed E-state index contributed by atoms with van der Waals surface area (Å²) in [6.45, 7) is 5.36. The van der Waals surface area contributed by atoms with E-state index in [9.17, 15) is 15.0 Å². The Morgan fingerprint density at radius 1 is 1.21 bits per heavy atom. The molecule has 2 atom stereocenters. The van der Waals surface area contributed by atoms with Gasteiger partial charge in [0.2, 0.25) is 0 Å². The van der Waals surface area contributed by atoms with Crippen LogP contribution in [0.3, 0.4) is 0 Å². The highest BCUT2D eigenvalue weighted by atomic mass is 127. The van der Waals surface area contributed by atoms with Crippen LogP contribution in [0, 0.1) is 3.57 Å². The number of phenolic OH excluding ortho intramolecular Hbond substituents is 1. The van der Waals surface area contributed by atoms with E-state index in [-0.39, 0.29) is 11.7 Å². The molecule has 3 aromatic rings. The third-order valence-corrected chi connectivity index (χ3v) is 9.12. The monoisotopic (exact) mass is 643 g/mol. The number of aliphatic hydroxyl groups is 1. The number of hydrogen-bond donors (Lipinski definition) is 2. The quantitative estimate of drug-likeness (QED) is 0.404. The lowest BCUT2D eigenvalue weighted by molar-refractivity contribution is 0.0445. The first-order valence-corrected chi connectivity index (χ1v) is 14.7. The average molecular weight is 644 g/mol. The molecule has 206 valence electrons. The molecule has 6 rings (SSSR count). The van der Waals surface area contributed by atoms with Crippen molar-refractivity contribution in [2.24, 2.45) is 0 Å². The number of phenols is 1. The summed E-state index contributed by atoms with van der Waals surface area (Å²) in [5.74, 6) is 0.637. The summed E-state index contributed by atoms with van der Waals surface area (Å²) >= 11 is 2.24. The fourth-order valence-corrected chi connectivity index (χ4v) is 6.96. The van der Waals surface area contributed by atoms with Gasteiger partial charge >= 0.3 is 6.01 Å². The van der Waals surface area contributed by atoms with Crippen LogP contribution in [0.5, 0.6) is 11.8 Å². The number of anilines is 1. The molecule has 9 nitrogen and oxygen atoms in total. The summed E-state index contributed by atoms with van der Waals surface area (Å²) in [5.41, 5.74) is 1.33. The van der Waals surface area contributed by atoms with E-state index >= 15 is 0 Å². The first-order valence-electron chi connectivity index (χ1n) is 13.6. The molecule has 2 saturated heterocycles. The van der Waals surface area contributed by atoms with E-state index in [0.29, 0.717) is 43.9 Å². The highest BCUT2D eigenvalue weighted by Gasteiger charge is 2.36. The molecule has 3 aliphatic heterocycles. The van der Waals surface area contributed by atoms with Crippen LogP contribution < -0.4 is 9.64 Å². The SMILES string of the molecule is CN1CCC[C@H]1COc1nc2c(c(N3CCC[C@@](C)(O)C3)n1)CN(C(=O)c1cc(O)cc3cccc(I)c13)C2. The van der Waals surface area contributed by atoms with Crippen molar-refractivity contribution in [1.82, 2.24) is 19.8 Å². The molecule has 1 amide bonds. The van der Waals surface area contributed by atoms with Crippen LogP contribution in [0.2, 0.25) is 0 Å². The van der Waals surface area contributed by atoms with Crippen LogP contribution in [0.15, 0.2) is 30.3 Å². The minimum absolute atomic E-state index is 0.0631. The first-order chi connectivity index (χ1) is 18.7. The van der Waals surface area contributed by atoms with Gasteiger partial charge < -0.3 is 29.6 Å². The highest BCUT2D eigenvalue weighted by molar-refractivity contribution is 14.1. The van der Waals surface area contributed by atoms with E-state index in [1.54, 1.807) is 17.0 Å². The minimum atomic E-state index is -0.811. The molecule has 0 radical (unpaired) electrons. The second kappa shape index (κ2) is 10.4. The predicted octanol–water partition coefficient (Wildman–Crippen LogP) is 3.92. The molecule has 3 aliphatic rings. The Balaban J connectivity index is 1.33. The molecule has 1 aromatic heterocycles. The normalized spacial score (nSPS) is 23.4. The van der Waals surface area contributed by atoms with Crippen LogP contribution >= 0.6 is 22.6 Å². The lowest BCUT2D eigenvalue weighted by atomic mass is 9.95. The number of carbonyl (C=O) groups excluding carboxylic acids is 1. The zero-order chi connectivity index (χ0) is 27.3. The molecule has 0 spiro atoms. The third kappa shape index (κ3) is 5.26. The number of aromatic nitrogens is 2. The summed E-state index contributed by atoms with van der Waals surface area (Å²) in [6.07, 6.45) is 3.83. The molecular formula is C29H34IN5O4. The standard InChI is InChI=1S/C29H34IN5O4/c1-29(38)9-5-11-34(17-29)26-22-14-35(15-24(22)31-28(32-26)39-16-19-7-4-10-33(19)2)27(37)21-13-20(36)12-18-6-3-8-23(30)25(18)21/h3,6,8,12-13,19,36,38H,4-5,7,9-11,14-17H2,1-2H3/t19-,29+/m0/s1. The maximum atomic E-state index is 13.9. The van der Waals surface area contributed by atoms with Crippen molar-refractivity contribution in [3.05, 3.63) is 50.7 Å². The van der Waals surface area contributed by atoms with Gasteiger partial charge in [0, 0.05) is 33.7 Å². The van der Waals surface area contributed by atoms with Gasteiger partial charge in [0.1, 0.15) is 18.2 Å². The van der Waals surface area contributed by atoms with E-state index < -0.39 is 5.60 Å². The van der Waals surface area contributed by atoms with Crippen molar-refractivity contribution in [3.8, 4) is 11.8 Å². The number of halogens is 1. The molecule has 0 aliphatic carbocycles. The number of likely N-dealkylation sites (N-methyl/N-ethyl adjacent to an activating group) is 1. The fourth-order valence-electron chi connectivity index (χ4n) is 6.15. The summed E-state index contributed by atoms with van der Waals surface area (Å²) in [7, 11) is 2.11. The number of fused-ring (bicyclic) bond motifs is 2. The summed E-state index contributed by atoms with van der Waals surface area (Å²) < 4.78 is 7.10. The second-order valence-electron chi connectivity index (χ2n) is 11.4. The molecule has 2 N–H and O–H groups in total. The Bertz CT molecular complexity index is 1430. The van der Waals surface area contributed by atoms with Crippen LogP contribution in [0.1, 0.15) is 54.2 Å². The topological polar surface area (TPSA) is 102 Å². The van der Waals surface area contributed by atoms with Crippen LogP contribution in [0.25, 0.3) is 10.8 Å². The summed E-state index contributed by atoms with van der Waals surface area (Å²) in [4.78, 5) is 29.7. The van der Waals surface area contributed by atoms with Crippen LogP contribution in [0.4, 0.5) is 5.82 Å². The minimum Gasteiger partial charge on any atom is -0.508 e. The highest BCUT2D eigenvalue weighted by Crippen LogP contribution is 2.36. The number of β-amino-alcohol motifs (C(OH)–C–C–N with tert-alkyl or cyclic N) is 1. The van der Waals surface area contributed by atoms with Crippen molar-refractivity contribution in [2.75, 3.05) is 38.2 Å². The van der Waals surface area contributed by atoms with E-state index in [4.69, 9.17) is 14.7 Å². The number of rotatable bonds is 5. The smallest absolute Gasteiger partial charge is 0.318 e. The van der Waals surface area contributed by atoms with Crippen molar-refractivity contribution >= 4 is 45.1 Å². The van der Waals surface area contributed by atoms with E-state index in [2.05, 4.69) is 39.4 Å². The van der Waals surface area contributed by atoms with Gasteiger partial charge in [0.05, 0.1) is 29.9 Å². The molecule has 2 aromatic carbocycles. The number of carbonyl (C=O) groups is 1. The second-order valence-corrected chi connectivity index (χ2v) is 12.5. The van der Waals surface area contributed by atoms with Crippen LogP contribution in [-0.4, -0.2) is 80.8 Å². The molecule has 4 heterocycles. The third-order valence-electron chi connectivity index (χ3n) is 8.22. The fraction of sp³-hybridized carbons (Fsp3) is 0.483. The number of amides is 1. The zero-order valence-electron chi connectivity index (χ0n) is 22.4. The number of ether oxygens (including phenoxy) is 1. The van der Waals surface area contributed by atoms with E-state index in [1.807, 2.05) is 25.1 Å². The maximum absolute atomic E-state index is 13.9. The lowest BCUT2D eigenvalue weighted by Crippen LogP contribution is -2.47. The Labute approximate surface area is 241 Å². The Morgan fingerprint density at radius 2 is 2.05 bits per heavy atom. The number of piperidine rings is 1. The molecule has 39 heavy (non-hydrogen) atoms. The number of benzene rings is 2. The average Bonchev–Trinajstić information content (AvgIpc) is 3.51. The predicted molar refractivity (Wildman–Crippen MR) is 157 cm³/mol. The number of aromatic hydroxyl groups is 1. The number of hydrogen-bond acceptors (Lipinski definition) is 8.